The molecule has 1 N–H and O–H groups in total. The van der Waals surface area contributed by atoms with Crippen LogP contribution in [0, 0.1) is 0 Å². The van der Waals surface area contributed by atoms with Gasteiger partial charge in [0.25, 0.3) is 0 Å². The number of ketones is 1. The predicted octanol–water partition coefficient (Wildman–Crippen LogP) is 0.680. The second-order valence-electron chi connectivity index (χ2n) is 3.18. The van der Waals surface area contributed by atoms with E-state index in [9.17, 15) is 19.2 Å². The zero-order chi connectivity index (χ0) is 12.6. The molecule has 6 heteroatoms. The summed E-state index contributed by atoms with van der Waals surface area (Å²) in [6, 6.07) is 0. The molecule has 0 amide bonds. The van der Waals surface area contributed by atoms with Gasteiger partial charge in [0.2, 0.25) is 5.78 Å². The van der Waals surface area contributed by atoms with E-state index >= 15 is 0 Å². The number of carboxylic acid groups (broad SMARTS) is 1. The minimum atomic E-state index is -1.28. The smallest absolute Gasteiger partial charge is 0.382 e. The van der Waals surface area contributed by atoms with Crippen LogP contribution in [0.5, 0.6) is 0 Å². The second-order valence-corrected chi connectivity index (χ2v) is 3.18. The number of hydrogen-bond acceptors (Lipinski definition) is 5. The third kappa shape index (κ3) is 6.69. The SMILES string of the molecule is CCCCC(=O)OC(=O)C(=O)CCC(=O)O. The van der Waals surface area contributed by atoms with Gasteiger partial charge in [-0.25, -0.2) is 4.79 Å². The number of carboxylic acids is 1. The number of ether oxygens (including phenoxy) is 1. The molecular weight excluding hydrogens is 216 g/mol. The van der Waals surface area contributed by atoms with E-state index < -0.39 is 36.5 Å². The van der Waals surface area contributed by atoms with Gasteiger partial charge < -0.3 is 9.84 Å². The number of unbranched alkanes of at least 4 members (excludes halogenated alkanes) is 1. The number of carbonyl (C=O) groups excluding carboxylic acids is 3. The molecular formula is C10H14O6. The van der Waals surface area contributed by atoms with Crippen molar-refractivity contribution >= 4 is 23.7 Å². The van der Waals surface area contributed by atoms with Crippen molar-refractivity contribution in [2.75, 3.05) is 0 Å². The van der Waals surface area contributed by atoms with Crippen molar-refractivity contribution in [3.63, 3.8) is 0 Å². The Morgan fingerprint density at radius 1 is 1.06 bits per heavy atom. The molecule has 0 saturated carbocycles. The molecule has 0 rings (SSSR count). The van der Waals surface area contributed by atoms with Gasteiger partial charge in [-0.3, -0.25) is 14.4 Å². The largest absolute Gasteiger partial charge is 0.481 e. The van der Waals surface area contributed by atoms with Crippen molar-refractivity contribution in [1.29, 1.82) is 0 Å². The summed E-state index contributed by atoms with van der Waals surface area (Å²) in [6.07, 6.45) is 0.534. The Balaban J connectivity index is 3.91. The third-order valence-electron chi connectivity index (χ3n) is 1.73. The van der Waals surface area contributed by atoms with Crippen LogP contribution in [0.2, 0.25) is 0 Å². The van der Waals surface area contributed by atoms with Crippen LogP contribution in [0.15, 0.2) is 0 Å². The Kier molecular flexibility index (Phi) is 6.74. The lowest BCUT2D eigenvalue weighted by molar-refractivity contribution is -0.164. The molecule has 0 aliphatic rings. The van der Waals surface area contributed by atoms with Gasteiger partial charge in [-0.05, 0) is 6.42 Å². The number of rotatable bonds is 7. The highest BCUT2D eigenvalue weighted by atomic mass is 16.6. The standard InChI is InChI=1S/C10H14O6/c1-2-3-4-9(14)16-10(15)7(11)5-6-8(12)13/h2-6H2,1H3,(H,12,13). The lowest BCUT2D eigenvalue weighted by Gasteiger charge is -2.00. The van der Waals surface area contributed by atoms with E-state index in [1.54, 1.807) is 0 Å². The summed E-state index contributed by atoms with van der Waals surface area (Å²) in [5, 5.41) is 8.27. The van der Waals surface area contributed by atoms with Crippen LogP contribution in [0.3, 0.4) is 0 Å². The molecule has 0 aromatic heterocycles. The summed E-state index contributed by atoms with van der Waals surface area (Å²) in [4.78, 5) is 43.0. The summed E-state index contributed by atoms with van der Waals surface area (Å²) >= 11 is 0. The maximum atomic E-state index is 11.0. The highest BCUT2D eigenvalue weighted by Gasteiger charge is 2.19. The second kappa shape index (κ2) is 7.56. The maximum absolute atomic E-state index is 11.0. The number of esters is 2. The minimum Gasteiger partial charge on any atom is -0.481 e. The van der Waals surface area contributed by atoms with Crippen LogP contribution in [0.25, 0.3) is 0 Å². The third-order valence-corrected chi connectivity index (χ3v) is 1.73. The quantitative estimate of drug-likeness (QED) is 0.392. The first kappa shape index (κ1) is 14.3. The highest BCUT2D eigenvalue weighted by molar-refractivity contribution is 6.35. The van der Waals surface area contributed by atoms with Crippen molar-refractivity contribution in [2.45, 2.75) is 39.0 Å². The van der Waals surface area contributed by atoms with Gasteiger partial charge in [0, 0.05) is 12.8 Å². The van der Waals surface area contributed by atoms with Crippen LogP contribution in [-0.2, 0) is 23.9 Å². The molecule has 90 valence electrons. The fourth-order valence-corrected chi connectivity index (χ4v) is 0.855. The first-order valence-corrected chi connectivity index (χ1v) is 4.97. The van der Waals surface area contributed by atoms with E-state index in [0.717, 1.165) is 6.42 Å². The average molecular weight is 230 g/mol. The van der Waals surface area contributed by atoms with E-state index in [2.05, 4.69) is 4.74 Å². The van der Waals surface area contributed by atoms with Gasteiger partial charge in [-0.2, -0.15) is 0 Å². The van der Waals surface area contributed by atoms with Gasteiger partial charge in [-0.1, -0.05) is 13.3 Å². The molecule has 0 aliphatic carbocycles. The van der Waals surface area contributed by atoms with E-state index in [4.69, 9.17) is 5.11 Å². The number of carbonyl (C=O) groups is 4. The fourth-order valence-electron chi connectivity index (χ4n) is 0.855. The molecule has 0 unspecified atom stereocenters. The van der Waals surface area contributed by atoms with Crippen molar-refractivity contribution in [2.24, 2.45) is 0 Å². The van der Waals surface area contributed by atoms with Gasteiger partial charge in [0.05, 0.1) is 6.42 Å². The number of Topliss-reactive ketones (excluding diaryl/α,β-unsaturated/α-hetero) is 1. The van der Waals surface area contributed by atoms with Crippen LogP contribution in [0.4, 0.5) is 0 Å². The Bertz CT molecular complexity index is 294. The molecule has 0 aliphatic heterocycles. The summed E-state index contributed by atoms with van der Waals surface area (Å²) in [6.45, 7) is 1.87. The zero-order valence-electron chi connectivity index (χ0n) is 9.02. The lowest BCUT2D eigenvalue weighted by atomic mass is 10.2. The molecule has 0 fully saturated rings. The Labute approximate surface area is 92.6 Å². The molecule has 0 spiro atoms. The molecule has 0 heterocycles. The van der Waals surface area contributed by atoms with Crippen LogP contribution < -0.4 is 0 Å². The highest BCUT2D eigenvalue weighted by Crippen LogP contribution is 1.99. The van der Waals surface area contributed by atoms with Gasteiger partial charge >= 0.3 is 17.9 Å². The Morgan fingerprint density at radius 2 is 1.69 bits per heavy atom. The van der Waals surface area contributed by atoms with Crippen LogP contribution in [-0.4, -0.2) is 28.8 Å². The van der Waals surface area contributed by atoms with Gasteiger partial charge in [0.1, 0.15) is 0 Å². The molecule has 0 radical (unpaired) electrons. The van der Waals surface area contributed by atoms with Crippen molar-refractivity contribution in [3.8, 4) is 0 Å². The summed E-state index contributed by atoms with van der Waals surface area (Å²) < 4.78 is 4.23. The van der Waals surface area contributed by atoms with Gasteiger partial charge in [0.15, 0.2) is 0 Å². The topological polar surface area (TPSA) is 97.7 Å². The van der Waals surface area contributed by atoms with E-state index in [1.165, 1.54) is 0 Å². The van der Waals surface area contributed by atoms with Gasteiger partial charge in [-0.15, -0.1) is 0 Å². The molecule has 6 nitrogen and oxygen atoms in total. The van der Waals surface area contributed by atoms with Crippen LogP contribution >= 0.6 is 0 Å². The summed E-state index contributed by atoms with van der Waals surface area (Å²) in [5.74, 6) is -4.21. The van der Waals surface area contributed by atoms with Crippen molar-refractivity contribution in [3.05, 3.63) is 0 Å². The normalized spacial score (nSPS) is 9.56. The molecule has 0 atom stereocenters. The molecule has 0 aromatic rings. The summed E-state index contributed by atoms with van der Waals surface area (Å²) in [5.41, 5.74) is 0. The Morgan fingerprint density at radius 3 is 2.19 bits per heavy atom. The number of hydrogen-bond donors (Lipinski definition) is 1. The average Bonchev–Trinajstić information content (AvgIpc) is 2.22. The zero-order valence-corrected chi connectivity index (χ0v) is 9.02. The predicted molar refractivity (Wildman–Crippen MR) is 52.5 cm³/mol. The molecule has 0 aromatic carbocycles. The molecule has 0 bridgehead atoms. The van der Waals surface area contributed by atoms with E-state index in [-0.39, 0.29) is 6.42 Å². The number of aliphatic carboxylic acids is 1. The first-order valence-electron chi connectivity index (χ1n) is 4.97. The molecule has 16 heavy (non-hydrogen) atoms. The summed E-state index contributed by atoms with van der Waals surface area (Å²) in [7, 11) is 0. The maximum Gasteiger partial charge on any atom is 0.382 e. The van der Waals surface area contributed by atoms with E-state index in [1.807, 2.05) is 6.92 Å². The fraction of sp³-hybridized carbons (Fsp3) is 0.600. The monoisotopic (exact) mass is 230 g/mol. The van der Waals surface area contributed by atoms with Crippen molar-refractivity contribution in [1.82, 2.24) is 0 Å². The first-order chi connectivity index (χ1) is 7.47. The van der Waals surface area contributed by atoms with Crippen LogP contribution in [0.1, 0.15) is 39.0 Å². The minimum absolute atomic E-state index is 0.0778. The Hall–Kier alpha value is -1.72. The van der Waals surface area contributed by atoms with E-state index in [0.29, 0.717) is 6.42 Å². The molecule has 0 saturated heterocycles. The lowest BCUT2D eigenvalue weighted by Crippen LogP contribution is -2.21. The van der Waals surface area contributed by atoms with Crippen molar-refractivity contribution < 1.29 is 29.0 Å².